The molecule has 0 saturated carbocycles. The molecule has 1 fully saturated rings. The van der Waals surface area contributed by atoms with Crippen LogP contribution in [0.25, 0.3) is 22.0 Å². The molecule has 3 aromatic heterocycles. The molecular formula is C24H30N4O3S. The number of nitrogens with one attached hydrogen (secondary N) is 1. The first-order valence-corrected chi connectivity index (χ1v) is 12.0. The fraction of sp³-hybridized carbons (Fsp3) is 0.458. The number of pyridine rings is 1. The molecule has 0 bridgehead atoms. The second kappa shape index (κ2) is 10.4. The Labute approximate surface area is 192 Å². The summed E-state index contributed by atoms with van der Waals surface area (Å²) in [4.78, 5) is 22.3. The molecule has 1 aliphatic rings. The van der Waals surface area contributed by atoms with E-state index in [4.69, 9.17) is 14.5 Å². The van der Waals surface area contributed by atoms with Gasteiger partial charge in [-0.1, -0.05) is 6.92 Å². The molecule has 3 aromatic rings. The van der Waals surface area contributed by atoms with Crippen molar-refractivity contribution in [1.29, 1.82) is 0 Å². The summed E-state index contributed by atoms with van der Waals surface area (Å²) in [6.45, 7) is 6.20. The standard InChI is InChI=1S/C24H30N4O3S/c1-4-18-13-17(8-9-25-18)24-26-20(15-32-24)21-14-19(16(2)28(21)10-6-11-30-3)23(29)27-22-7-5-12-31-22/h8-9,13-15,22H,4-7,10-12H2,1-3H3,(H,27,29). The van der Waals surface area contributed by atoms with Gasteiger partial charge in [-0.25, -0.2) is 4.98 Å². The molecule has 1 aliphatic heterocycles. The molecule has 0 radical (unpaired) electrons. The Morgan fingerprint density at radius 2 is 2.28 bits per heavy atom. The topological polar surface area (TPSA) is 78.3 Å². The van der Waals surface area contributed by atoms with E-state index in [2.05, 4.69) is 33.2 Å². The maximum Gasteiger partial charge on any atom is 0.255 e. The molecule has 0 spiro atoms. The molecule has 4 rings (SSSR count). The van der Waals surface area contributed by atoms with Gasteiger partial charge in [-0.05, 0) is 50.8 Å². The second-order valence-electron chi connectivity index (χ2n) is 7.93. The Morgan fingerprint density at radius 3 is 3.03 bits per heavy atom. The third-order valence-electron chi connectivity index (χ3n) is 5.76. The summed E-state index contributed by atoms with van der Waals surface area (Å²) in [5, 5.41) is 6.02. The highest BCUT2D eigenvalue weighted by Gasteiger charge is 2.24. The first kappa shape index (κ1) is 22.6. The highest BCUT2D eigenvalue weighted by Crippen LogP contribution is 2.32. The van der Waals surface area contributed by atoms with E-state index in [1.807, 2.05) is 25.3 Å². The minimum Gasteiger partial charge on any atom is -0.385 e. The number of carbonyl (C=O) groups excluding carboxylic acids is 1. The van der Waals surface area contributed by atoms with Crippen LogP contribution >= 0.6 is 11.3 Å². The minimum atomic E-state index is -0.201. The first-order chi connectivity index (χ1) is 15.6. The number of hydrogen-bond donors (Lipinski definition) is 1. The van der Waals surface area contributed by atoms with Crippen molar-refractivity contribution in [3.8, 4) is 22.0 Å². The summed E-state index contributed by atoms with van der Waals surface area (Å²) >= 11 is 1.61. The van der Waals surface area contributed by atoms with E-state index in [0.29, 0.717) is 18.8 Å². The number of ether oxygens (including phenoxy) is 2. The zero-order chi connectivity index (χ0) is 22.5. The lowest BCUT2D eigenvalue weighted by atomic mass is 10.2. The zero-order valence-corrected chi connectivity index (χ0v) is 19.7. The molecule has 1 atom stereocenters. The summed E-state index contributed by atoms with van der Waals surface area (Å²) < 4.78 is 13.0. The Morgan fingerprint density at radius 1 is 1.41 bits per heavy atom. The van der Waals surface area contributed by atoms with Crippen molar-refractivity contribution in [1.82, 2.24) is 19.9 Å². The van der Waals surface area contributed by atoms with Crippen molar-refractivity contribution < 1.29 is 14.3 Å². The number of nitrogens with zero attached hydrogens (tertiary/aromatic N) is 3. The van der Waals surface area contributed by atoms with Crippen LogP contribution in [0.2, 0.25) is 0 Å². The lowest BCUT2D eigenvalue weighted by Gasteiger charge is -2.13. The van der Waals surface area contributed by atoms with Crippen molar-refractivity contribution in [2.24, 2.45) is 0 Å². The summed E-state index contributed by atoms with van der Waals surface area (Å²) in [5.74, 6) is -0.0988. The molecule has 1 N–H and O–H groups in total. The van der Waals surface area contributed by atoms with Crippen molar-refractivity contribution in [2.45, 2.75) is 52.3 Å². The third-order valence-corrected chi connectivity index (χ3v) is 6.65. The number of hydrogen-bond acceptors (Lipinski definition) is 6. The fourth-order valence-corrected chi connectivity index (χ4v) is 4.80. The van der Waals surface area contributed by atoms with Crippen molar-refractivity contribution in [3.05, 3.63) is 46.7 Å². The second-order valence-corrected chi connectivity index (χ2v) is 8.79. The maximum atomic E-state index is 13.0. The zero-order valence-electron chi connectivity index (χ0n) is 18.9. The van der Waals surface area contributed by atoms with Crippen LogP contribution in [0, 0.1) is 6.92 Å². The van der Waals surface area contributed by atoms with Crippen LogP contribution in [-0.4, -0.2) is 47.0 Å². The van der Waals surface area contributed by atoms with E-state index in [1.165, 1.54) is 0 Å². The summed E-state index contributed by atoms with van der Waals surface area (Å²) in [6.07, 6.45) is 5.20. The lowest BCUT2D eigenvalue weighted by molar-refractivity contribution is 0.0639. The van der Waals surface area contributed by atoms with Gasteiger partial charge >= 0.3 is 0 Å². The van der Waals surface area contributed by atoms with Gasteiger partial charge in [-0.2, -0.15) is 0 Å². The number of methoxy groups -OCH3 is 1. The quantitative estimate of drug-likeness (QED) is 0.484. The smallest absolute Gasteiger partial charge is 0.255 e. The van der Waals surface area contributed by atoms with Gasteiger partial charge in [0.05, 0.1) is 17.0 Å². The Hall–Kier alpha value is -2.55. The van der Waals surface area contributed by atoms with E-state index < -0.39 is 0 Å². The van der Waals surface area contributed by atoms with Gasteiger partial charge in [0.2, 0.25) is 0 Å². The van der Waals surface area contributed by atoms with Gasteiger partial charge in [-0.3, -0.25) is 9.78 Å². The van der Waals surface area contributed by atoms with Crippen LogP contribution in [0.5, 0.6) is 0 Å². The SMILES string of the molecule is CCc1cc(-c2nc(-c3cc(C(=O)NC4CCCO4)c(C)n3CCCOC)cs2)ccn1. The number of aryl methyl sites for hydroxylation is 1. The molecule has 32 heavy (non-hydrogen) atoms. The molecule has 1 unspecified atom stereocenters. The minimum absolute atomic E-state index is 0.0988. The summed E-state index contributed by atoms with van der Waals surface area (Å²) in [5.41, 5.74) is 5.53. The van der Waals surface area contributed by atoms with Crippen LogP contribution in [0.1, 0.15) is 47.9 Å². The maximum absolute atomic E-state index is 13.0. The van der Waals surface area contributed by atoms with Crippen LogP contribution in [0.3, 0.4) is 0 Å². The van der Waals surface area contributed by atoms with Gasteiger partial charge in [0.1, 0.15) is 11.2 Å². The lowest BCUT2D eigenvalue weighted by Crippen LogP contribution is -2.34. The van der Waals surface area contributed by atoms with Gasteiger partial charge in [0.25, 0.3) is 5.91 Å². The number of aromatic nitrogens is 3. The Balaban J connectivity index is 1.65. The summed E-state index contributed by atoms with van der Waals surface area (Å²) in [7, 11) is 1.70. The third kappa shape index (κ3) is 4.92. The van der Waals surface area contributed by atoms with Crippen LogP contribution in [-0.2, 0) is 22.4 Å². The van der Waals surface area contributed by atoms with Crippen LogP contribution in [0.4, 0.5) is 0 Å². The van der Waals surface area contributed by atoms with Gasteiger partial charge in [0, 0.05) is 55.4 Å². The van der Waals surface area contributed by atoms with Gasteiger partial charge < -0.3 is 19.4 Å². The molecule has 4 heterocycles. The van der Waals surface area contributed by atoms with Crippen molar-refractivity contribution in [3.63, 3.8) is 0 Å². The summed E-state index contributed by atoms with van der Waals surface area (Å²) in [6, 6.07) is 6.03. The molecule has 170 valence electrons. The van der Waals surface area contributed by atoms with E-state index in [1.54, 1.807) is 18.4 Å². The van der Waals surface area contributed by atoms with Crippen LogP contribution in [0.15, 0.2) is 29.8 Å². The molecule has 7 nitrogen and oxygen atoms in total. The molecule has 0 aromatic carbocycles. The monoisotopic (exact) mass is 454 g/mol. The Bertz CT molecular complexity index is 1070. The highest BCUT2D eigenvalue weighted by molar-refractivity contribution is 7.13. The van der Waals surface area contributed by atoms with E-state index in [-0.39, 0.29) is 12.1 Å². The molecule has 1 saturated heterocycles. The molecule has 8 heteroatoms. The number of carbonyl (C=O) groups is 1. The number of thiazole rings is 1. The number of amides is 1. The Kier molecular flexibility index (Phi) is 7.34. The van der Waals surface area contributed by atoms with Crippen LogP contribution < -0.4 is 5.32 Å². The van der Waals surface area contributed by atoms with Gasteiger partial charge in [-0.15, -0.1) is 11.3 Å². The average Bonchev–Trinajstić information content (AvgIpc) is 3.55. The number of rotatable bonds is 9. The highest BCUT2D eigenvalue weighted by atomic mass is 32.1. The van der Waals surface area contributed by atoms with Gasteiger partial charge in [0.15, 0.2) is 0 Å². The van der Waals surface area contributed by atoms with E-state index in [9.17, 15) is 4.79 Å². The fourth-order valence-electron chi connectivity index (χ4n) is 3.99. The predicted octanol–water partition coefficient (Wildman–Crippen LogP) is 4.45. The largest absolute Gasteiger partial charge is 0.385 e. The average molecular weight is 455 g/mol. The van der Waals surface area contributed by atoms with E-state index in [0.717, 1.165) is 65.6 Å². The molecule has 0 aliphatic carbocycles. The first-order valence-electron chi connectivity index (χ1n) is 11.1. The van der Waals surface area contributed by atoms with Crippen molar-refractivity contribution >= 4 is 17.2 Å². The predicted molar refractivity (Wildman–Crippen MR) is 126 cm³/mol. The normalized spacial score (nSPS) is 15.9. The molecular weight excluding hydrogens is 424 g/mol. The van der Waals surface area contributed by atoms with E-state index >= 15 is 0 Å². The van der Waals surface area contributed by atoms with Crippen molar-refractivity contribution in [2.75, 3.05) is 20.3 Å². The molecule has 1 amide bonds.